The summed E-state index contributed by atoms with van der Waals surface area (Å²) in [4.78, 5) is 13.9. The summed E-state index contributed by atoms with van der Waals surface area (Å²) < 4.78 is 10.7. The van der Waals surface area contributed by atoms with Crippen LogP contribution in [0.3, 0.4) is 0 Å². The van der Waals surface area contributed by atoms with Crippen molar-refractivity contribution in [2.24, 2.45) is 5.10 Å². The van der Waals surface area contributed by atoms with Gasteiger partial charge in [0.15, 0.2) is 0 Å². The van der Waals surface area contributed by atoms with Crippen LogP contribution in [0, 0.1) is 0 Å². The number of amides is 1. The molecule has 0 unspecified atom stereocenters. The lowest BCUT2D eigenvalue weighted by Crippen LogP contribution is -2.42. The lowest BCUT2D eigenvalue weighted by atomic mass is 10.1. The molecule has 1 amide bonds. The van der Waals surface area contributed by atoms with Gasteiger partial charge in [-0.25, -0.2) is 5.43 Å². The number of hydrogen-bond donors (Lipinski definition) is 1. The summed E-state index contributed by atoms with van der Waals surface area (Å²) in [6.07, 6.45) is 0. The van der Waals surface area contributed by atoms with Crippen molar-refractivity contribution in [3.05, 3.63) is 29.8 Å². The number of ether oxygens (including phenoxy) is 2. The molecule has 1 saturated heterocycles. The van der Waals surface area contributed by atoms with Gasteiger partial charge >= 0.3 is 0 Å². The number of hydrazone groups is 1. The molecule has 0 aromatic heterocycles. The summed E-state index contributed by atoms with van der Waals surface area (Å²) in [6.45, 7) is 7.75. The van der Waals surface area contributed by atoms with Crippen molar-refractivity contribution in [2.75, 3.05) is 39.5 Å². The van der Waals surface area contributed by atoms with E-state index in [1.807, 2.05) is 38.1 Å². The minimum absolute atomic E-state index is 0.104. The van der Waals surface area contributed by atoms with Crippen molar-refractivity contribution < 1.29 is 14.3 Å². The molecule has 6 nitrogen and oxygen atoms in total. The standard InChI is InChI=1S/C16H23N3O3/c1-3-22-15-6-4-14(5-7-15)13(2)17-18-16(20)12-19-8-10-21-11-9-19/h4-7H,3,8-12H2,1-2H3,(H,18,20)/b17-13-. The van der Waals surface area contributed by atoms with Gasteiger partial charge in [0.05, 0.1) is 32.1 Å². The maximum absolute atomic E-state index is 11.9. The van der Waals surface area contributed by atoms with Crippen LogP contribution in [-0.4, -0.2) is 56.0 Å². The van der Waals surface area contributed by atoms with Crippen LogP contribution in [0.15, 0.2) is 29.4 Å². The van der Waals surface area contributed by atoms with Crippen LogP contribution < -0.4 is 10.2 Å². The van der Waals surface area contributed by atoms with E-state index < -0.39 is 0 Å². The van der Waals surface area contributed by atoms with E-state index in [9.17, 15) is 4.79 Å². The zero-order valence-corrected chi connectivity index (χ0v) is 13.2. The predicted octanol–water partition coefficient (Wildman–Crippen LogP) is 1.26. The van der Waals surface area contributed by atoms with Crippen LogP contribution in [0.2, 0.25) is 0 Å². The average Bonchev–Trinajstić information content (AvgIpc) is 2.54. The summed E-state index contributed by atoms with van der Waals surface area (Å²) in [5, 5.41) is 4.15. The molecule has 1 aromatic carbocycles. The molecule has 0 spiro atoms. The molecule has 0 atom stereocenters. The van der Waals surface area contributed by atoms with Gasteiger partial charge in [-0.15, -0.1) is 0 Å². The molecular formula is C16H23N3O3. The van der Waals surface area contributed by atoms with Gasteiger partial charge in [-0.1, -0.05) is 0 Å². The molecule has 2 rings (SSSR count). The fourth-order valence-corrected chi connectivity index (χ4v) is 2.17. The number of benzene rings is 1. The lowest BCUT2D eigenvalue weighted by molar-refractivity contribution is -0.123. The highest BCUT2D eigenvalue weighted by molar-refractivity contribution is 5.99. The summed E-state index contributed by atoms with van der Waals surface area (Å²) in [6, 6.07) is 7.65. The van der Waals surface area contributed by atoms with Crippen LogP contribution >= 0.6 is 0 Å². The Hall–Kier alpha value is -1.92. The summed E-state index contributed by atoms with van der Waals surface area (Å²) in [5.74, 6) is 0.725. The molecular weight excluding hydrogens is 282 g/mol. The quantitative estimate of drug-likeness (QED) is 0.635. The fraction of sp³-hybridized carbons (Fsp3) is 0.500. The molecule has 1 aliphatic heterocycles. The van der Waals surface area contributed by atoms with Crippen molar-refractivity contribution in [3.8, 4) is 5.75 Å². The largest absolute Gasteiger partial charge is 0.494 e. The van der Waals surface area contributed by atoms with Crippen molar-refractivity contribution in [1.29, 1.82) is 0 Å². The van der Waals surface area contributed by atoms with Gasteiger partial charge in [0.25, 0.3) is 5.91 Å². The van der Waals surface area contributed by atoms with Gasteiger partial charge in [-0.2, -0.15) is 5.10 Å². The fourth-order valence-electron chi connectivity index (χ4n) is 2.17. The number of hydrogen-bond acceptors (Lipinski definition) is 5. The maximum atomic E-state index is 11.9. The number of carbonyl (C=O) groups is 1. The highest BCUT2D eigenvalue weighted by atomic mass is 16.5. The second-order valence-corrected chi connectivity index (χ2v) is 5.08. The van der Waals surface area contributed by atoms with E-state index in [-0.39, 0.29) is 5.91 Å². The van der Waals surface area contributed by atoms with Crippen LogP contribution in [-0.2, 0) is 9.53 Å². The summed E-state index contributed by atoms with van der Waals surface area (Å²) >= 11 is 0. The maximum Gasteiger partial charge on any atom is 0.254 e. The van der Waals surface area contributed by atoms with E-state index in [0.717, 1.165) is 30.1 Å². The van der Waals surface area contributed by atoms with E-state index in [2.05, 4.69) is 15.4 Å². The van der Waals surface area contributed by atoms with Crippen LogP contribution in [0.25, 0.3) is 0 Å². The van der Waals surface area contributed by atoms with Crippen molar-refractivity contribution in [2.45, 2.75) is 13.8 Å². The molecule has 0 radical (unpaired) electrons. The molecule has 1 heterocycles. The molecule has 0 aliphatic carbocycles. The Balaban J connectivity index is 1.84. The van der Waals surface area contributed by atoms with Crippen molar-refractivity contribution >= 4 is 11.6 Å². The Morgan fingerprint density at radius 1 is 1.32 bits per heavy atom. The first kappa shape index (κ1) is 16.5. The summed E-state index contributed by atoms with van der Waals surface area (Å²) in [5.41, 5.74) is 4.32. The average molecular weight is 305 g/mol. The zero-order valence-electron chi connectivity index (χ0n) is 13.2. The van der Waals surface area contributed by atoms with Gasteiger partial charge in [-0.05, 0) is 43.7 Å². The predicted molar refractivity (Wildman–Crippen MR) is 85.2 cm³/mol. The smallest absolute Gasteiger partial charge is 0.254 e. The second-order valence-electron chi connectivity index (χ2n) is 5.08. The second kappa shape index (κ2) is 8.51. The Kier molecular flexibility index (Phi) is 6.36. The molecule has 0 saturated carbocycles. The first-order chi connectivity index (χ1) is 10.7. The molecule has 1 fully saturated rings. The summed E-state index contributed by atoms with van der Waals surface area (Å²) in [7, 11) is 0. The third-order valence-electron chi connectivity index (χ3n) is 3.40. The van der Waals surface area contributed by atoms with E-state index >= 15 is 0 Å². The monoisotopic (exact) mass is 305 g/mol. The molecule has 120 valence electrons. The van der Waals surface area contributed by atoms with Gasteiger partial charge in [0.1, 0.15) is 5.75 Å². The van der Waals surface area contributed by atoms with Crippen molar-refractivity contribution in [1.82, 2.24) is 10.3 Å². The number of nitrogens with one attached hydrogen (secondary N) is 1. The van der Waals surface area contributed by atoms with E-state index in [0.29, 0.717) is 26.4 Å². The lowest BCUT2D eigenvalue weighted by Gasteiger charge is -2.25. The van der Waals surface area contributed by atoms with Crippen LogP contribution in [0.4, 0.5) is 0 Å². The van der Waals surface area contributed by atoms with E-state index in [1.54, 1.807) is 0 Å². The Labute approximate surface area is 131 Å². The molecule has 0 bridgehead atoms. The minimum Gasteiger partial charge on any atom is -0.494 e. The Morgan fingerprint density at radius 2 is 2.00 bits per heavy atom. The third-order valence-corrected chi connectivity index (χ3v) is 3.40. The minimum atomic E-state index is -0.104. The van der Waals surface area contributed by atoms with Crippen molar-refractivity contribution in [3.63, 3.8) is 0 Å². The van der Waals surface area contributed by atoms with Gasteiger partial charge in [0, 0.05) is 13.1 Å². The topological polar surface area (TPSA) is 63.2 Å². The molecule has 22 heavy (non-hydrogen) atoms. The number of morpholine rings is 1. The zero-order chi connectivity index (χ0) is 15.8. The van der Waals surface area contributed by atoms with Crippen LogP contribution in [0.5, 0.6) is 5.75 Å². The normalized spacial score (nSPS) is 16.4. The Morgan fingerprint density at radius 3 is 2.64 bits per heavy atom. The van der Waals surface area contributed by atoms with Crippen LogP contribution in [0.1, 0.15) is 19.4 Å². The SMILES string of the molecule is CCOc1ccc(/C(C)=N\NC(=O)CN2CCOCC2)cc1. The van der Waals surface area contributed by atoms with E-state index in [1.165, 1.54) is 0 Å². The molecule has 1 aliphatic rings. The van der Waals surface area contributed by atoms with Gasteiger partial charge in [0.2, 0.25) is 0 Å². The third kappa shape index (κ3) is 5.13. The highest BCUT2D eigenvalue weighted by Crippen LogP contribution is 2.12. The number of nitrogens with zero attached hydrogens (tertiary/aromatic N) is 2. The highest BCUT2D eigenvalue weighted by Gasteiger charge is 2.13. The van der Waals surface area contributed by atoms with Gasteiger partial charge in [-0.3, -0.25) is 9.69 Å². The molecule has 6 heteroatoms. The van der Waals surface area contributed by atoms with E-state index in [4.69, 9.17) is 9.47 Å². The first-order valence-corrected chi connectivity index (χ1v) is 7.55. The number of carbonyl (C=O) groups excluding carboxylic acids is 1. The molecule has 1 aromatic rings. The Bertz CT molecular complexity index is 508. The molecule has 1 N–H and O–H groups in total. The first-order valence-electron chi connectivity index (χ1n) is 7.55. The number of rotatable bonds is 6. The van der Waals surface area contributed by atoms with Gasteiger partial charge < -0.3 is 9.47 Å².